The van der Waals surface area contributed by atoms with Gasteiger partial charge in [-0.15, -0.1) is 0 Å². The molecule has 0 fully saturated rings. The molecule has 4 heteroatoms. The number of hydrogen-bond donors (Lipinski definition) is 0. The second kappa shape index (κ2) is 4.31. The smallest absolute Gasteiger partial charge is 0.216 e. The summed E-state index contributed by atoms with van der Waals surface area (Å²) in [6.45, 7) is 0. The summed E-state index contributed by atoms with van der Waals surface area (Å²) in [6.07, 6.45) is 0.223. The summed E-state index contributed by atoms with van der Waals surface area (Å²) in [5.74, 6) is 0. The molecule has 0 bridgehead atoms. The number of methoxy groups -OCH3 is 1. The standard InChI is InChI=1S/C3H9O3P/c1-5-3-7(4)6-2/h7H,3H2,1-2H3. The van der Waals surface area contributed by atoms with E-state index in [1.165, 1.54) is 14.2 Å². The van der Waals surface area contributed by atoms with Crippen molar-refractivity contribution in [3.63, 3.8) is 0 Å². The molecule has 0 aliphatic rings. The third-order valence-electron chi connectivity index (χ3n) is 0.490. The summed E-state index contributed by atoms with van der Waals surface area (Å²) >= 11 is 0. The van der Waals surface area contributed by atoms with Crippen molar-refractivity contribution in [1.29, 1.82) is 0 Å². The van der Waals surface area contributed by atoms with Crippen LogP contribution in [0.4, 0.5) is 0 Å². The molecule has 0 saturated carbocycles. The van der Waals surface area contributed by atoms with E-state index in [1.807, 2.05) is 0 Å². The third-order valence-corrected chi connectivity index (χ3v) is 1.47. The van der Waals surface area contributed by atoms with Crippen molar-refractivity contribution < 1.29 is 13.8 Å². The van der Waals surface area contributed by atoms with E-state index in [4.69, 9.17) is 0 Å². The fraction of sp³-hybridized carbons (Fsp3) is 1.00. The maximum Gasteiger partial charge on any atom is 0.216 e. The summed E-state index contributed by atoms with van der Waals surface area (Å²) < 4.78 is 19.2. The Bertz CT molecular complexity index is 63.2. The molecule has 0 amide bonds. The minimum atomic E-state index is -1.85. The summed E-state index contributed by atoms with van der Waals surface area (Å²) in [5.41, 5.74) is 0. The molecule has 0 spiro atoms. The van der Waals surface area contributed by atoms with Crippen molar-refractivity contribution in [1.82, 2.24) is 0 Å². The molecule has 0 heterocycles. The quantitative estimate of drug-likeness (QED) is 0.520. The van der Waals surface area contributed by atoms with Crippen LogP contribution < -0.4 is 0 Å². The van der Waals surface area contributed by atoms with E-state index < -0.39 is 8.03 Å². The van der Waals surface area contributed by atoms with Gasteiger partial charge in [-0.05, 0) is 0 Å². The van der Waals surface area contributed by atoms with Gasteiger partial charge in [-0.25, -0.2) is 0 Å². The number of ether oxygens (including phenoxy) is 1. The molecule has 0 aliphatic heterocycles. The molecule has 44 valence electrons. The Labute approximate surface area is 43.5 Å². The molecule has 0 saturated heterocycles. The van der Waals surface area contributed by atoms with Crippen molar-refractivity contribution in [2.45, 2.75) is 0 Å². The van der Waals surface area contributed by atoms with Crippen molar-refractivity contribution in [3.05, 3.63) is 0 Å². The first-order chi connectivity index (χ1) is 3.31. The van der Waals surface area contributed by atoms with Gasteiger partial charge in [0, 0.05) is 14.2 Å². The maximum absolute atomic E-state index is 10.2. The highest BCUT2D eigenvalue weighted by Gasteiger charge is 1.89. The van der Waals surface area contributed by atoms with Crippen molar-refractivity contribution >= 4 is 8.03 Å². The van der Waals surface area contributed by atoms with E-state index in [2.05, 4.69) is 9.26 Å². The van der Waals surface area contributed by atoms with E-state index in [1.54, 1.807) is 0 Å². The highest BCUT2D eigenvalue weighted by molar-refractivity contribution is 7.38. The van der Waals surface area contributed by atoms with Crippen LogP contribution in [0.5, 0.6) is 0 Å². The van der Waals surface area contributed by atoms with Crippen LogP contribution >= 0.6 is 8.03 Å². The second-order valence-corrected chi connectivity index (χ2v) is 2.45. The third kappa shape index (κ3) is 3.99. The van der Waals surface area contributed by atoms with Crippen LogP contribution in [0.1, 0.15) is 0 Å². The van der Waals surface area contributed by atoms with Crippen LogP contribution in [0.15, 0.2) is 0 Å². The monoisotopic (exact) mass is 124 g/mol. The molecule has 0 aliphatic carbocycles. The molecule has 1 atom stereocenters. The van der Waals surface area contributed by atoms with Gasteiger partial charge < -0.3 is 9.26 Å². The van der Waals surface area contributed by atoms with Gasteiger partial charge in [0.2, 0.25) is 8.03 Å². The van der Waals surface area contributed by atoms with Gasteiger partial charge in [0.1, 0.15) is 6.35 Å². The van der Waals surface area contributed by atoms with Gasteiger partial charge in [0.05, 0.1) is 0 Å². The zero-order chi connectivity index (χ0) is 5.70. The lowest BCUT2D eigenvalue weighted by Gasteiger charge is -1.93. The van der Waals surface area contributed by atoms with E-state index in [0.717, 1.165) is 0 Å². The molecular formula is C3H9O3P. The Morgan fingerprint density at radius 2 is 2.14 bits per heavy atom. The Morgan fingerprint density at radius 1 is 1.57 bits per heavy atom. The molecular weight excluding hydrogens is 115 g/mol. The van der Waals surface area contributed by atoms with Crippen LogP contribution in [0, 0.1) is 0 Å². The molecule has 0 N–H and O–H groups in total. The van der Waals surface area contributed by atoms with Gasteiger partial charge >= 0.3 is 0 Å². The van der Waals surface area contributed by atoms with Gasteiger partial charge in [-0.3, -0.25) is 4.57 Å². The Balaban J connectivity index is 3.00. The van der Waals surface area contributed by atoms with Crippen LogP contribution in [-0.4, -0.2) is 20.6 Å². The second-order valence-electron chi connectivity index (χ2n) is 1.01. The van der Waals surface area contributed by atoms with Crippen LogP contribution in [0.2, 0.25) is 0 Å². The predicted molar refractivity (Wildman–Crippen MR) is 27.9 cm³/mol. The summed E-state index contributed by atoms with van der Waals surface area (Å²) in [4.78, 5) is 0. The molecule has 3 nitrogen and oxygen atoms in total. The summed E-state index contributed by atoms with van der Waals surface area (Å²) in [5, 5.41) is 0. The van der Waals surface area contributed by atoms with Crippen LogP contribution in [0.25, 0.3) is 0 Å². The molecule has 7 heavy (non-hydrogen) atoms. The van der Waals surface area contributed by atoms with Gasteiger partial charge in [0.25, 0.3) is 0 Å². The minimum absolute atomic E-state index is 0.223. The zero-order valence-corrected chi connectivity index (χ0v) is 5.43. The largest absolute Gasteiger partial charge is 0.375 e. The average molecular weight is 124 g/mol. The SMILES string of the molecule is COC[PH](=O)OC. The lowest BCUT2D eigenvalue weighted by molar-refractivity contribution is 0.237. The Hall–Kier alpha value is 0.150. The van der Waals surface area contributed by atoms with E-state index >= 15 is 0 Å². The lowest BCUT2D eigenvalue weighted by Crippen LogP contribution is -1.80. The number of hydrogen-bond acceptors (Lipinski definition) is 3. The Morgan fingerprint density at radius 3 is 2.29 bits per heavy atom. The van der Waals surface area contributed by atoms with E-state index in [-0.39, 0.29) is 6.35 Å². The van der Waals surface area contributed by atoms with Crippen molar-refractivity contribution in [3.8, 4) is 0 Å². The van der Waals surface area contributed by atoms with Crippen molar-refractivity contribution in [2.24, 2.45) is 0 Å². The van der Waals surface area contributed by atoms with Crippen LogP contribution in [-0.2, 0) is 13.8 Å². The summed E-state index contributed by atoms with van der Waals surface area (Å²) in [7, 11) is 1.04. The molecule has 0 rings (SSSR count). The first-order valence-corrected chi connectivity index (χ1v) is 3.39. The number of rotatable bonds is 3. The molecule has 1 unspecified atom stereocenters. The zero-order valence-electron chi connectivity index (χ0n) is 4.43. The molecule has 0 aromatic rings. The topological polar surface area (TPSA) is 35.5 Å². The van der Waals surface area contributed by atoms with Crippen LogP contribution in [0.3, 0.4) is 0 Å². The minimum Gasteiger partial charge on any atom is -0.375 e. The maximum atomic E-state index is 10.2. The van der Waals surface area contributed by atoms with Gasteiger partial charge in [0.15, 0.2) is 0 Å². The highest BCUT2D eigenvalue weighted by atomic mass is 31.1. The van der Waals surface area contributed by atoms with Crippen molar-refractivity contribution in [2.75, 3.05) is 20.6 Å². The first kappa shape index (κ1) is 7.15. The molecule has 0 aromatic heterocycles. The fourth-order valence-corrected chi connectivity index (χ4v) is 0.530. The fourth-order valence-electron chi connectivity index (χ4n) is 0.177. The lowest BCUT2D eigenvalue weighted by atomic mass is 11.5. The van der Waals surface area contributed by atoms with E-state index in [0.29, 0.717) is 0 Å². The highest BCUT2D eigenvalue weighted by Crippen LogP contribution is 2.18. The normalized spacial score (nSPS) is 14.0. The van der Waals surface area contributed by atoms with Gasteiger partial charge in [-0.2, -0.15) is 0 Å². The first-order valence-electron chi connectivity index (χ1n) is 1.87. The molecule has 0 aromatic carbocycles. The Kier molecular flexibility index (Phi) is 4.41. The summed E-state index contributed by atoms with van der Waals surface area (Å²) in [6, 6.07) is 0. The average Bonchev–Trinajstić information content (AvgIpc) is 1.68. The van der Waals surface area contributed by atoms with Gasteiger partial charge in [-0.1, -0.05) is 0 Å². The van der Waals surface area contributed by atoms with E-state index in [9.17, 15) is 4.57 Å². The molecule has 0 radical (unpaired) electrons. The predicted octanol–water partition coefficient (Wildman–Crippen LogP) is 0.711.